The summed E-state index contributed by atoms with van der Waals surface area (Å²) in [5.74, 6) is -0.589. The van der Waals surface area contributed by atoms with Gasteiger partial charge in [-0.15, -0.1) is 0 Å². The third-order valence-electron chi connectivity index (χ3n) is 5.92. The van der Waals surface area contributed by atoms with Crippen LogP contribution < -0.4 is 5.32 Å². The maximum atomic E-state index is 13.1. The number of aliphatic hydroxyl groups is 1. The van der Waals surface area contributed by atoms with Crippen LogP contribution in [-0.4, -0.2) is 47.6 Å². The largest absolute Gasteiger partial charge is 0.392 e. The molecule has 2 aliphatic heterocycles. The number of likely N-dealkylation sites (tertiary alicyclic amines) is 1. The third-order valence-corrected chi connectivity index (χ3v) is 5.92. The molecule has 2 N–H and O–H groups in total. The molecule has 4 rings (SSSR count). The molecule has 28 heavy (non-hydrogen) atoms. The molecule has 2 amide bonds. The van der Waals surface area contributed by atoms with E-state index in [-0.39, 0.29) is 24.2 Å². The second-order valence-corrected chi connectivity index (χ2v) is 7.63. The number of amides is 2. The zero-order chi connectivity index (χ0) is 19.7. The van der Waals surface area contributed by atoms with Crippen LogP contribution in [0.5, 0.6) is 0 Å². The summed E-state index contributed by atoms with van der Waals surface area (Å²) in [7, 11) is 0. The Morgan fingerprint density at radius 1 is 1.11 bits per heavy atom. The molecule has 6 heteroatoms. The SMILES string of the molecule is O=C(c1ccc(-c2ccc(F)cc2)cc1)N1CC[C@@H](O)[C@@]2(CCCNC2=O)C1. The van der Waals surface area contributed by atoms with Crippen molar-refractivity contribution in [2.75, 3.05) is 19.6 Å². The Bertz CT molecular complexity index is 882. The van der Waals surface area contributed by atoms with E-state index in [1.54, 1.807) is 29.2 Å². The Balaban J connectivity index is 1.52. The predicted molar refractivity (Wildman–Crippen MR) is 103 cm³/mol. The van der Waals surface area contributed by atoms with Gasteiger partial charge in [0.25, 0.3) is 5.91 Å². The molecule has 5 nitrogen and oxygen atoms in total. The van der Waals surface area contributed by atoms with E-state index in [2.05, 4.69) is 5.32 Å². The molecule has 0 radical (unpaired) electrons. The van der Waals surface area contributed by atoms with E-state index in [1.165, 1.54) is 12.1 Å². The molecule has 0 bridgehead atoms. The van der Waals surface area contributed by atoms with Crippen molar-refractivity contribution in [3.8, 4) is 11.1 Å². The fourth-order valence-electron chi connectivity index (χ4n) is 4.25. The summed E-state index contributed by atoms with van der Waals surface area (Å²) in [5, 5.41) is 13.3. The average molecular weight is 382 g/mol. The number of hydrogen-bond donors (Lipinski definition) is 2. The average Bonchev–Trinajstić information content (AvgIpc) is 2.72. The van der Waals surface area contributed by atoms with Crippen molar-refractivity contribution < 1.29 is 19.1 Å². The monoisotopic (exact) mass is 382 g/mol. The maximum absolute atomic E-state index is 13.1. The van der Waals surface area contributed by atoms with Crippen LogP contribution in [0.2, 0.25) is 0 Å². The number of nitrogens with one attached hydrogen (secondary N) is 1. The number of rotatable bonds is 2. The van der Waals surface area contributed by atoms with Crippen molar-refractivity contribution in [1.29, 1.82) is 0 Å². The highest BCUT2D eigenvalue weighted by Crippen LogP contribution is 2.37. The number of piperidine rings is 2. The van der Waals surface area contributed by atoms with Gasteiger partial charge in [-0.25, -0.2) is 4.39 Å². The highest BCUT2D eigenvalue weighted by molar-refractivity contribution is 5.95. The van der Waals surface area contributed by atoms with Crippen LogP contribution in [0.4, 0.5) is 4.39 Å². The van der Waals surface area contributed by atoms with Crippen molar-refractivity contribution in [2.45, 2.75) is 25.4 Å². The molecule has 2 aliphatic rings. The highest BCUT2D eigenvalue weighted by atomic mass is 19.1. The molecule has 2 atom stereocenters. The van der Waals surface area contributed by atoms with Gasteiger partial charge in [0.15, 0.2) is 0 Å². The Hall–Kier alpha value is -2.73. The lowest BCUT2D eigenvalue weighted by atomic mass is 9.71. The van der Waals surface area contributed by atoms with Gasteiger partial charge in [-0.2, -0.15) is 0 Å². The zero-order valence-corrected chi connectivity index (χ0v) is 15.5. The molecule has 146 valence electrons. The molecule has 0 saturated carbocycles. The standard InChI is InChI=1S/C22H23FN2O3/c23-18-8-6-16(7-9-18)15-2-4-17(5-3-15)20(27)25-13-10-19(26)22(14-25)11-1-12-24-21(22)28/h2-9,19,26H,1,10-14H2,(H,24,28)/t19-,22-/m1/s1. The van der Waals surface area contributed by atoms with E-state index >= 15 is 0 Å². The fourth-order valence-corrected chi connectivity index (χ4v) is 4.25. The van der Waals surface area contributed by atoms with Crippen LogP contribution in [-0.2, 0) is 4.79 Å². The van der Waals surface area contributed by atoms with E-state index in [0.717, 1.165) is 17.5 Å². The van der Waals surface area contributed by atoms with Crippen LogP contribution in [0.15, 0.2) is 48.5 Å². The summed E-state index contributed by atoms with van der Waals surface area (Å²) in [6, 6.07) is 13.4. The van der Waals surface area contributed by atoms with Crippen LogP contribution in [0, 0.1) is 11.2 Å². The Morgan fingerprint density at radius 2 is 1.75 bits per heavy atom. The molecule has 2 heterocycles. The molecular weight excluding hydrogens is 359 g/mol. The van der Waals surface area contributed by atoms with Gasteiger partial charge < -0.3 is 15.3 Å². The lowest BCUT2D eigenvalue weighted by molar-refractivity contribution is -0.147. The summed E-state index contributed by atoms with van der Waals surface area (Å²) in [4.78, 5) is 27.1. The molecule has 2 aromatic rings. The van der Waals surface area contributed by atoms with Gasteiger partial charge in [-0.05, 0) is 54.7 Å². The van der Waals surface area contributed by atoms with Crippen molar-refractivity contribution in [3.63, 3.8) is 0 Å². The molecule has 1 spiro atoms. The topological polar surface area (TPSA) is 69.6 Å². The van der Waals surface area contributed by atoms with E-state index in [9.17, 15) is 19.1 Å². The lowest BCUT2D eigenvalue weighted by Crippen LogP contribution is -2.62. The Kier molecular flexibility index (Phi) is 4.89. The number of hydrogen-bond acceptors (Lipinski definition) is 3. The van der Waals surface area contributed by atoms with Crippen molar-refractivity contribution in [2.24, 2.45) is 5.41 Å². The summed E-state index contributed by atoms with van der Waals surface area (Å²) >= 11 is 0. The molecule has 2 saturated heterocycles. The fraction of sp³-hybridized carbons (Fsp3) is 0.364. The number of carbonyl (C=O) groups is 2. The number of halogens is 1. The first kappa shape index (κ1) is 18.6. The number of benzene rings is 2. The van der Waals surface area contributed by atoms with Crippen molar-refractivity contribution >= 4 is 11.8 Å². The first-order valence-electron chi connectivity index (χ1n) is 9.61. The summed E-state index contributed by atoms with van der Waals surface area (Å²) in [5.41, 5.74) is 1.40. The highest BCUT2D eigenvalue weighted by Gasteiger charge is 2.50. The van der Waals surface area contributed by atoms with E-state index in [1.807, 2.05) is 12.1 Å². The predicted octanol–water partition coefficient (Wildman–Crippen LogP) is 2.60. The van der Waals surface area contributed by atoms with Crippen molar-refractivity contribution in [3.05, 3.63) is 59.9 Å². The molecular formula is C22H23FN2O3. The Labute approximate surface area is 163 Å². The molecule has 0 aliphatic carbocycles. The second-order valence-electron chi connectivity index (χ2n) is 7.63. The molecule has 0 unspecified atom stereocenters. The smallest absolute Gasteiger partial charge is 0.253 e. The van der Waals surface area contributed by atoms with Crippen LogP contribution in [0.3, 0.4) is 0 Å². The summed E-state index contributed by atoms with van der Waals surface area (Å²) < 4.78 is 13.1. The van der Waals surface area contributed by atoms with Gasteiger partial charge in [0.2, 0.25) is 5.91 Å². The van der Waals surface area contributed by atoms with Gasteiger partial charge in [0.1, 0.15) is 5.82 Å². The normalized spacial score (nSPS) is 24.9. The van der Waals surface area contributed by atoms with E-state index < -0.39 is 11.5 Å². The van der Waals surface area contributed by atoms with Crippen LogP contribution in [0.25, 0.3) is 11.1 Å². The second kappa shape index (κ2) is 7.36. The van der Waals surface area contributed by atoms with Gasteiger partial charge >= 0.3 is 0 Å². The first-order chi connectivity index (χ1) is 13.5. The lowest BCUT2D eigenvalue weighted by Gasteiger charge is -2.46. The minimum atomic E-state index is -0.903. The number of carbonyl (C=O) groups excluding carboxylic acids is 2. The van der Waals surface area contributed by atoms with Crippen molar-refractivity contribution in [1.82, 2.24) is 10.2 Å². The van der Waals surface area contributed by atoms with Gasteiger partial charge in [0.05, 0.1) is 11.5 Å². The summed E-state index contributed by atoms with van der Waals surface area (Å²) in [6.45, 7) is 1.28. The quantitative estimate of drug-likeness (QED) is 0.839. The number of nitrogens with zero attached hydrogens (tertiary/aromatic N) is 1. The first-order valence-corrected chi connectivity index (χ1v) is 9.61. The zero-order valence-electron chi connectivity index (χ0n) is 15.5. The van der Waals surface area contributed by atoms with E-state index in [4.69, 9.17) is 0 Å². The van der Waals surface area contributed by atoms with Crippen LogP contribution in [0.1, 0.15) is 29.6 Å². The molecule has 0 aromatic heterocycles. The third kappa shape index (κ3) is 3.29. The molecule has 2 aromatic carbocycles. The van der Waals surface area contributed by atoms with Gasteiger partial charge in [-0.1, -0.05) is 24.3 Å². The molecule has 2 fully saturated rings. The van der Waals surface area contributed by atoms with Gasteiger partial charge in [0, 0.05) is 25.2 Å². The summed E-state index contributed by atoms with van der Waals surface area (Å²) in [6.07, 6.45) is 1.06. The Morgan fingerprint density at radius 3 is 2.39 bits per heavy atom. The van der Waals surface area contributed by atoms with E-state index in [0.29, 0.717) is 31.5 Å². The van der Waals surface area contributed by atoms with Crippen LogP contribution >= 0.6 is 0 Å². The minimum absolute atomic E-state index is 0.143. The number of aliphatic hydroxyl groups excluding tert-OH is 1. The minimum Gasteiger partial charge on any atom is -0.392 e. The van der Waals surface area contributed by atoms with Gasteiger partial charge in [-0.3, -0.25) is 9.59 Å². The maximum Gasteiger partial charge on any atom is 0.253 e.